The number of hydrogen-bond donors (Lipinski definition) is 1. The van der Waals surface area contributed by atoms with Crippen LogP contribution >= 0.6 is 0 Å². The molecule has 13 heavy (non-hydrogen) atoms. The van der Waals surface area contributed by atoms with Gasteiger partial charge in [-0.05, 0) is 24.6 Å². The van der Waals surface area contributed by atoms with Gasteiger partial charge in [0, 0.05) is 0 Å². The highest BCUT2D eigenvalue weighted by molar-refractivity contribution is 5.30. The minimum Gasteiger partial charge on any atom is -0.497 e. The molecule has 0 radical (unpaired) electrons. The second-order valence-corrected chi connectivity index (χ2v) is 3.08. The standard InChI is InChI=1S/C10H13FO2/c1-10(11,7-12)8-3-5-9(13-2)6-4-8/h3-6,12H,7H2,1-2H3. The Hall–Kier alpha value is -1.09. The van der Waals surface area contributed by atoms with Gasteiger partial charge in [-0.25, -0.2) is 4.39 Å². The zero-order chi connectivity index (χ0) is 9.90. The molecule has 1 atom stereocenters. The third kappa shape index (κ3) is 2.18. The Kier molecular flexibility index (Phi) is 2.88. The highest BCUT2D eigenvalue weighted by atomic mass is 19.1. The summed E-state index contributed by atoms with van der Waals surface area (Å²) < 4.78 is 18.4. The van der Waals surface area contributed by atoms with E-state index in [1.165, 1.54) is 6.92 Å². The van der Waals surface area contributed by atoms with Crippen molar-refractivity contribution < 1.29 is 14.2 Å². The molecule has 0 amide bonds. The molecule has 0 aliphatic carbocycles. The predicted molar refractivity (Wildman–Crippen MR) is 48.5 cm³/mol. The molecule has 0 aliphatic rings. The first-order valence-electron chi connectivity index (χ1n) is 4.04. The van der Waals surface area contributed by atoms with Crippen LogP contribution in [0.15, 0.2) is 24.3 Å². The van der Waals surface area contributed by atoms with Crippen molar-refractivity contribution in [3.63, 3.8) is 0 Å². The molecule has 0 spiro atoms. The average molecular weight is 184 g/mol. The lowest BCUT2D eigenvalue weighted by atomic mass is 9.99. The van der Waals surface area contributed by atoms with E-state index in [-0.39, 0.29) is 0 Å². The molecule has 1 aromatic carbocycles. The number of ether oxygens (including phenoxy) is 1. The summed E-state index contributed by atoms with van der Waals surface area (Å²) in [6.07, 6.45) is 0. The van der Waals surface area contributed by atoms with Crippen LogP contribution in [-0.4, -0.2) is 18.8 Å². The van der Waals surface area contributed by atoms with Crippen LogP contribution in [0.5, 0.6) is 5.75 Å². The second kappa shape index (κ2) is 3.75. The smallest absolute Gasteiger partial charge is 0.156 e. The van der Waals surface area contributed by atoms with Gasteiger partial charge >= 0.3 is 0 Å². The van der Waals surface area contributed by atoms with Crippen molar-refractivity contribution in [1.29, 1.82) is 0 Å². The third-order valence-electron chi connectivity index (χ3n) is 1.99. The number of aliphatic hydroxyl groups excluding tert-OH is 1. The van der Waals surface area contributed by atoms with Crippen LogP contribution in [0.2, 0.25) is 0 Å². The van der Waals surface area contributed by atoms with Gasteiger partial charge in [-0.3, -0.25) is 0 Å². The minimum absolute atomic E-state index is 0.454. The molecule has 0 heterocycles. The first-order chi connectivity index (χ1) is 6.10. The first kappa shape index (κ1) is 9.99. The van der Waals surface area contributed by atoms with E-state index in [9.17, 15) is 4.39 Å². The van der Waals surface area contributed by atoms with E-state index < -0.39 is 12.3 Å². The molecule has 2 nitrogen and oxygen atoms in total. The quantitative estimate of drug-likeness (QED) is 0.777. The molecule has 0 fully saturated rings. The third-order valence-corrected chi connectivity index (χ3v) is 1.99. The van der Waals surface area contributed by atoms with Gasteiger partial charge in [0.15, 0.2) is 5.67 Å². The molecule has 0 saturated heterocycles. The molecular weight excluding hydrogens is 171 g/mol. The maximum absolute atomic E-state index is 13.5. The summed E-state index contributed by atoms with van der Waals surface area (Å²) >= 11 is 0. The van der Waals surface area contributed by atoms with Crippen molar-refractivity contribution in [1.82, 2.24) is 0 Å². The number of benzene rings is 1. The summed E-state index contributed by atoms with van der Waals surface area (Å²) in [4.78, 5) is 0. The topological polar surface area (TPSA) is 29.5 Å². The molecule has 3 heteroatoms. The first-order valence-corrected chi connectivity index (χ1v) is 4.04. The summed E-state index contributed by atoms with van der Waals surface area (Å²) in [5.74, 6) is 0.678. The van der Waals surface area contributed by atoms with Gasteiger partial charge in [-0.15, -0.1) is 0 Å². The molecular formula is C10H13FO2. The number of methoxy groups -OCH3 is 1. The highest BCUT2D eigenvalue weighted by Crippen LogP contribution is 2.26. The maximum atomic E-state index is 13.5. The van der Waals surface area contributed by atoms with Gasteiger partial charge in [-0.2, -0.15) is 0 Å². The number of aliphatic hydroxyl groups is 1. The van der Waals surface area contributed by atoms with Crippen LogP contribution in [0, 0.1) is 0 Å². The van der Waals surface area contributed by atoms with E-state index in [2.05, 4.69) is 0 Å². The fourth-order valence-corrected chi connectivity index (χ4v) is 1.03. The lowest BCUT2D eigenvalue weighted by molar-refractivity contribution is 0.0867. The molecule has 1 N–H and O–H groups in total. The van der Waals surface area contributed by atoms with Crippen LogP contribution in [0.25, 0.3) is 0 Å². The van der Waals surface area contributed by atoms with Crippen molar-refractivity contribution in [2.75, 3.05) is 13.7 Å². The van der Waals surface area contributed by atoms with Gasteiger partial charge in [0.05, 0.1) is 13.7 Å². The molecule has 0 bridgehead atoms. The molecule has 0 aromatic heterocycles. The second-order valence-electron chi connectivity index (χ2n) is 3.08. The summed E-state index contributed by atoms with van der Waals surface area (Å²) in [6, 6.07) is 6.55. The van der Waals surface area contributed by atoms with Gasteiger partial charge in [0.1, 0.15) is 5.75 Å². The van der Waals surface area contributed by atoms with Crippen LogP contribution in [0.4, 0.5) is 4.39 Å². The van der Waals surface area contributed by atoms with Crippen molar-refractivity contribution in [3.05, 3.63) is 29.8 Å². The fourth-order valence-electron chi connectivity index (χ4n) is 1.03. The minimum atomic E-state index is -1.67. The Labute approximate surface area is 77.0 Å². The Morgan fingerprint density at radius 3 is 2.31 bits per heavy atom. The Balaban J connectivity index is 2.92. The summed E-state index contributed by atoms with van der Waals surface area (Å²) in [7, 11) is 1.55. The van der Waals surface area contributed by atoms with Gasteiger partial charge < -0.3 is 9.84 Å². The molecule has 0 saturated carbocycles. The SMILES string of the molecule is COc1ccc(C(C)(F)CO)cc1. The Bertz CT molecular complexity index is 267. The Morgan fingerprint density at radius 1 is 1.38 bits per heavy atom. The summed E-state index contributed by atoms with van der Waals surface area (Å²) in [5, 5.41) is 8.77. The Morgan fingerprint density at radius 2 is 1.92 bits per heavy atom. The average Bonchev–Trinajstić information content (AvgIpc) is 2.18. The number of rotatable bonds is 3. The molecule has 72 valence electrons. The zero-order valence-electron chi connectivity index (χ0n) is 7.75. The van der Waals surface area contributed by atoms with E-state index in [0.717, 1.165) is 0 Å². The summed E-state index contributed by atoms with van der Waals surface area (Å²) in [5.41, 5.74) is -1.22. The van der Waals surface area contributed by atoms with E-state index in [1.807, 2.05) is 0 Å². The largest absolute Gasteiger partial charge is 0.497 e. The monoisotopic (exact) mass is 184 g/mol. The van der Waals surface area contributed by atoms with Crippen LogP contribution in [0.3, 0.4) is 0 Å². The lowest BCUT2D eigenvalue weighted by Crippen LogP contribution is -2.19. The van der Waals surface area contributed by atoms with E-state index in [1.54, 1.807) is 31.4 Å². The van der Waals surface area contributed by atoms with Crippen LogP contribution in [-0.2, 0) is 5.67 Å². The fraction of sp³-hybridized carbons (Fsp3) is 0.400. The molecule has 1 unspecified atom stereocenters. The van der Waals surface area contributed by atoms with E-state index in [0.29, 0.717) is 11.3 Å². The molecule has 1 rings (SSSR count). The van der Waals surface area contributed by atoms with Gasteiger partial charge in [-0.1, -0.05) is 12.1 Å². The van der Waals surface area contributed by atoms with Crippen molar-refractivity contribution in [2.45, 2.75) is 12.6 Å². The van der Waals surface area contributed by atoms with Crippen molar-refractivity contribution in [2.24, 2.45) is 0 Å². The van der Waals surface area contributed by atoms with Gasteiger partial charge in [0.2, 0.25) is 0 Å². The normalized spacial score (nSPS) is 15.1. The number of alkyl halides is 1. The number of hydrogen-bond acceptors (Lipinski definition) is 2. The number of halogens is 1. The predicted octanol–water partition coefficient (Wildman–Crippen LogP) is 1.87. The van der Waals surface area contributed by atoms with Crippen molar-refractivity contribution >= 4 is 0 Å². The zero-order valence-corrected chi connectivity index (χ0v) is 7.75. The van der Waals surface area contributed by atoms with Crippen molar-refractivity contribution in [3.8, 4) is 5.75 Å². The molecule has 1 aromatic rings. The van der Waals surface area contributed by atoms with E-state index in [4.69, 9.17) is 9.84 Å². The highest BCUT2D eigenvalue weighted by Gasteiger charge is 2.24. The summed E-state index contributed by atoms with van der Waals surface area (Å²) in [6.45, 7) is 0.828. The lowest BCUT2D eigenvalue weighted by Gasteiger charge is -2.17. The maximum Gasteiger partial charge on any atom is 0.156 e. The molecule has 0 aliphatic heterocycles. The van der Waals surface area contributed by atoms with Gasteiger partial charge in [0.25, 0.3) is 0 Å². The van der Waals surface area contributed by atoms with E-state index >= 15 is 0 Å². The van der Waals surface area contributed by atoms with Crippen LogP contribution in [0.1, 0.15) is 12.5 Å². The van der Waals surface area contributed by atoms with Crippen LogP contribution < -0.4 is 4.74 Å².